The van der Waals surface area contributed by atoms with Crippen LogP contribution in [0, 0.1) is 0 Å². The zero-order valence-electron chi connectivity index (χ0n) is 21.8. The average Bonchev–Trinajstić information content (AvgIpc) is 3.43. The fourth-order valence-corrected chi connectivity index (χ4v) is 5.81. The Bertz CT molecular complexity index is 1090. The molecule has 4 heterocycles. The predicted octanol–water partition coefficient (Wildman–Crippen LogP) is -2.70. The van der Waals surface area contributed by atoms with E-state index < -0.39 is 48.3 Å². The number of hydrogen-bond acceptors (Lipinski definition) is 9. The average molecular weight is 546 g/mol. The summed E-state index contributed by atoms with van der Waals surface area (Å²) < 4.78 is 11.3. The van der Waals surface area contributed by atoms with E-state index in [1.165, 1.54) is 4.90 Å². The summed E-state index contributed by atoms with van der Waals surface area (Å²) in [5, 5.41) is 26.6. The first-order chi connectivity index (χ1) is 18.7. The number of carbonyl (C=O) groups excluding carboxylic acids is 4. The number of rotatable bonds is 3. The van der Waals surface area contributed by atoms with Crippen LogP contribution in [0.2, 0.25) is 0 Å². The van der Waals surface area contributed by atoms with Crippen LogP contribution >= 0.6 is 0 Å². The standard InChI is InChI=1S/C26H35N5O8/c1-29-12-15-9-17(29)26(37)30-7-8-31(22(33)14-38-16-5-3-2-4-6-16)18(13-30)25(36)27-11-20-24(35)23(34)19(39-20)10-21(32)28-15/h2-6,15,17-20,23-24,34-35H,7-14H2,1H3,(H,27,36)(H,28,32)/t15-,17-,18-,19-,20+,23-,24+/m0/s1. The maximum atomic E-state index is 13.5. The molecule has 39 heavy (non-hydrogen) atoms. The molecule has 212 valence electrons. The predicted molar refractivity (Wildman–Crippen MR) is 135 cm³/mol. The van der Waals surface area contributed by atoms with Crippen LogP contribution in [0.15, 0.2) is 30.3 Å². The summed E-state index contributed by atoms with van der Waals surface area (Å²) in [5.41, 5.74) is 0. The molecule has 4 N–H and O–H groups in total. The second-order valence-corrected chi connectivity index (χ2v) is 10.6. The highest BCUT2D eigenvalue weighted by atomic mass is 16.5. The van der Waals surface area contributed by atoms with Crippen molar-refractivity contribution in [3.63, 3.8) is 0 Å². The molecule has 4 amide bonds. The Hall–Kier alpha value is -3.26. The molecule has 4 saturated heterocycles. The molecule has 1 aromatic carbocycles. The molecule has 0 unspecified atom stereocenters. The van der Waals surface area contributed by atoms with E-state index in [1.807, 2.05) is 11.0 Å². The number of aliphatic hydroxyl groups excluding tert-OH is 2. The van der Waals surface area contributed by atoms with Crippen molar-refractivity contribution >= 4 is 23.6 Å². The van der Waals surface area contributed by atoms with Crippen LogP contribution in [0.5, 0.6) is 5.75 Å². The van der Waals surface area contributed by atoms with Gasteiger partial charge in [-0.25, -0.2) is 0 Å². The normalized spacial score (nSPS) is 34.0. The number of likely N-dealkylation sites (N-methyl/N-ethyl adjacent to an activating group) is 1. The number of piperazine rings is 1. The summed E-state index contributed by atoms with van der Waals surface area (Å²) in [4.78, 5) is 57.6. The lowest BCUT2D eigenvalue weighted by molar-refractivity contribution is -0.151. The first-order valence-corrected chi connectivity index (χ1v) is 13.3. The molecule has 0 aliphatic carbocycles. The molecule has 4 fully saturated rings. The third kappa shape index (κ3) is 5.86. The third-order valence-corrected chi connectivity index (χ3v) is 7.94. The number of likely N-dealkylation sites (tertiary alicyclic amines) is 1. The number of amides is 4. The second kappa shape index (κ2) is 11.5. The molecule has 4 aliphatic heterocycles. The van der Waals surface area contributed by atoms with Crippen molar-refractivity contribution in [3.8, 4) is 5.75 Å². The van der Waals surface area contributed by atoms with E-state index in [4.69, 9.17) is 9.47 Å². The molecule has 13 nitrogen and oxygen atoms in total. The van der Waals surface area contributed by atoms with Crippen molar-refractivity contribution < 1.29 is 38.9 Å². The van der Waals surface area contributed by atoms with Gasteiger partial charge in [0, 0.05) is 32.2 Å². The smallest absolute Gasteiger partial charge is 0.261 e. The fourth-order valence-electron chi connectivity index (χ4n) is 5.81. The Morgan fingerprint density at radius 3 is 2.56 bits per heavy atom. The van der Waals surface area contributed by atoms with Crippen LogP contribution in [-0.4, -0.2) is 137 Å². The molecule has 1 aromatic rings. The highest BCUT2D eigenvalue weighted by molar-refractivity contribution is 5.90. The van der Waals surface area contributed by atoms with Gasteiger partial charge in [-0.2, -0.15) is 0 Å². The molecule has 7 atom stereocenters. The zero-order valence-corrected chi connectivity index (χ0v) is 21.8. The van der Waals surface area contributed by atoms with Gasteiger partial charge in [0.25, 0.3) is 5.91 Å². The van der Waals surface area contributed by atoms with Gasteiger partial charge in [-0.05, 0) is 25.6 Å². The third-order valence-electron chi connectivity index (χ3n) is 7.94. The Balaban J connectivity index is 1.35. The number of fused-ring (bicyclic) bond motifs is 6. The lowest BCUT2D eigenvalue weighted by atomic mass is 10.0. The Morgan fingerprint density at radius 2 is 1.79 bits per heavy atom. The van der Waals surface area contributed by atoms with Gasteiger partial charge < -0.3 is 40.1 Å². The molecule has 0 spiro atoms. The molecule has 0 radical (unpaired) electrons. The Kier molecular flexibility index (Phi) is 8.03. The maximum absolute atomic E-state index is 13.5. The van der Waals surface area contributed by atoms with Crippen molar-refractivity contribution in [1.82, 2.24) is 25.3 Å². The monoisotopic (exact) mass is 545 g/mol. The van der Waals surface area contributed by atoms with E-state index in [9.17, 15) is 29.4 Å². The minimum absolute atomic E-state index is 0.0115. The zero-order chi connectivity index (χ0) is 27.7. The molecule has 6 bridgehead atoms. The number of ether oxygens (including phenoxy) is 2. The highest BCUT2D eigenvalue weighted by Gasteiger charge is 2.46. The summed E-state index contributed by atoms with van der Waals surface area (Å²) in [6, 6.07) is 7.11. The summed E-state index contributed by atoms with van der Waals surface area (Å²) in [5.74, 6) is -0.903. The van der Waals surface area contributed by atoms with Gasteiger partial charge in [0.05, 0.1) is 25.1 Å². The lowest BCUT2D eigenvalue weighted by Crippen LogP contribution is -2.64. The van der Waals surface area contributed by atoms with Gasteiger partial charge in [0.2, 0.25) is 17.7 Å². The van der Waals surface area contributed by atoms with Crippen LogP contribution in [-0.2, 0) is 23.9 Å². The summed E-state index contributed by atoms with van der Waals surface area (Å²) in [6.45, 7) is 0.423. The van der Waals surface area contributed by atoms with E-state index in [2.05, 4.69) is 10.6 Å². The topological polar surface area (TPSA) is 161 Å². The van der Waals surface area contributed by atoms with Crippen molar-refractivity contribution in [1.29, 1.82) is 0 Å². The Morgan fingerprint density at radius 1 is 1.05 bits per heavy atom. The second-order valence-electron chi connectivity index (χ2n) is 10.6. The van der Waals surface area contributed by atoms with Gasteiger partial charge in [0.1, 0.15) is 30.1 Å². The molecule has 4 aliphatic rings. The van der Waals surface area contributed by atoms with Gasteiger partial charge in [0.15, 0.2) is 6.61 Å². The van der Waals surface area contributed by atoms with E-state index in [0.29, 0.717) is 18.7 Å². The van der Waals surface area contributed by atoms with Crippen molar-refractivity contribution in [3.05, 3.63) is 30.3 Å². The number of benzene rings is 1. The maximum Gasteiger partial charge on any atom is 0.261 e. The van der Waals surface area contributed by atoms with E-state index >= 15 is 0 Å². The highest BCUT2D eigenvalue weighted by Crippen LogP contribution is 2.25. The van der Waals surface area contributed by atoms with Gasteiger partial charge in [-0.1, -0.05) is 18.2 Å². The van der Waals surface area contributed by atoms with Crippen molar-refractivity contribution in [2.24, 2.45) is 0 Å². The van der Waals surface area contributed by atoms with E-state index in [0.717, 1.165) is 0 Å². The summed E-state index contributed by atoms with van der Waals surface area (Å²) in [6.07, 6.45) is -4.26. The minimum Gasteiger partial charge on any atom is -0.484 e. The van der Waals surface area contributed by atoms with Crippen LogP contribution in [0.1, 0.15) is 12.8 Å². The number of hydrogen-bond donors (Lipinski definition) is 4. The van der Waals surface area contributed by atoms with Crippen LogP contribution in [0.3, 0.4) is 0 Å². The number of nitrogens with zero attached hydrogens (tertiary/aromatic N) is 3. The number of para-hydroxylation sites is 1. The van der Waals surface area contributed by atoms with Crippen molar-refractivity contribution in [2.75, 3.05) is 46.4 Å². The summed E-state index contributed by atoms with van der Waals surface area (Å²) in [7, 11) is 1.80. The number of nitrogens with one attached hydrogen (secondary N) is 2. The SMILES string of the molecule is CN1C[C@@H]2C[C@H]1C(=O)N1CCN(C(=O)COc3ccccc3)[C@@H](C1)C(=O)NC[C@H]1O[C@@H](CC(=O)N2)[C@H](O)[C@@H]1O. The molecule has 0 saturated carbocycles. The molecular weight excluding hydrogens is 510 g/mol. The molecular formula is C26H35N5O8. The quantitative estimate of drug-likeness (QED) is 0.317. The van der Waals surface area contributed by atoms with Gasteiger partial charge in [-0.3, -0.25) is 24.1 Å². The largest absolute Gasteiger partial charge is 0.484 e. The summed E-state index contributed by atoms with van der Waals surface area (Å²) >= 11 is 0. The van der Waals surface area contributed by atoms with Crippen LogP contribution < -0.4 is 15.4 Å². The first kappa shape index (κ1) is 27.3. The first-order valence-electron chi connectivity index (χ1n) is 13.3. The minimum atomic E-state index is -1.30. The number of aliphatic hydroxyl groups is 2. The molecule has 13 heteroatoms. The molecule has 0 aromatic heterocycles. The van der Waals surface area contributed by atoms with Crippen LogP contribution in [0.4, 0.5) is 0 Å². The van der Waals surface area contributed by atoms with Crippen LogP contribution in [0.25, 0.3) is 0 Å². The fraction of sp³-hybridized carbons (Fsp3) is 0.615. The molecule has 5 rings (SSSR count). The van der Waals surface area contributed by atoms with Crippen molar-refractivity contribution in [2.45, 2.75) is 55.4 Å². The van der Waals surface area contributed by atoms with Gasteiger partial charge in [-0.15, -0.1) is 0 Å². The lowest BCUT2D eigenvalue weighted by Gasteiger charge is -2.41. The van der Waals surface area contributed by atoms with E-state index in [1.54, 1.807) is 36.2 Å². The number of carbonyl (C=O) groups is 4. The van der Waals surface area contributed by atoms with E-state index in [-0.39, 0.29) is 57.1 Å². The Labute approximate surface area is 226 Å². The van der Waals surface area contributed by atoms with Gasteiger partial charge >= 0.3 is 0 Å².